The lowest BCUT2D eigenvalue weighted by molar-refractivity contribution is 0.0973. The molecule has 158 valence electrons. The standard InChI is InChI=1S/C20H22Cl2N6OS/c1-12-17(23)20(10-29-12)5-7-27(8-6-20)19-24-9-15(18-25-11-26-28(18)19)30-14-4-2-3-13(21)16(14)22/h2-4,9,11-12,17H,5-8,10,23H2,1H3. The van der Waals surface area contributed by atoms with Crippen molar-refractivity contribution in [3.63, 3.8) is 0 Å². The highest BCUT2D eigenvalue weighted by molar-refractivity contribution is 7.99. The van der Waals surface area contributed by atoms with Gasteiger partial charge in [-0.05, 0) is 31.9 Å². The Hall–Kier alpha value is -1.58. The molecule has 2 aliphatic heterocycles. The van der Waals surface area contributed by atoms with E-state index >= 15 is 0 Å². The molecule has 30 heavy (non-hydrogen) atoms. The first kappa shape index (κ1) is 20.3. The Bertz CT molecular complexity index is 1080. The van der Waals surface area contributed by atoms with Crippen molar-refractivity contribution in [2.45, 2.75) is 41.7 Å². The summed E-state index contributed by atoms with van der Waals surface area (Å²) in [6, 6.07) is 5.66. The van der Waals surface area contributed by atoms with Gasteiger partial charge in [0.05, 0.1) is 27.7 Å². The number of anilines is 1. The number of nitrogens with zero attached hydrogens (tertiary/aromatic N) is 5. The molecule has 0 saturated carbocycles. The molecule has 2 aliphatic rings. The molecule has 0 bridgehead atoms. The minimum Gasteiger partial charge on any atom is -0.376 e. The maximum absolute atomic E-state index is 6.45. The van der Waals surface area contributed by atoms with Crippen LogP contribution in [0.25, 0.3) is 5.65 Å². The number of aromatic nitrogens is 4. The van der Waals surface area contributed by atoms with Crippen molar-refractivity contribution in [2.24, 2.45) is 11.1 Å². The van der Waals surface area contributed by atoms with Crippen LogP contribution >= 0.6 is 35.0 Å². The Balaban J connectivity index is 1.40. The highest BCUT2D eigenvalue weighted by Gasteiger charge is 2.47. The van der Waals surface area contributed by atoms with Crippen LogP contribution in [-0.2, 0) is 4.74 Å². The molecule has 0 aliphatic carbocycles. The number of piperidine rings is 1. The number of rotatable bonds is 3. The summed E-state index contributed by atoms with van der Waals surface area (Å²) < 4.78 is 7.64. The lowest BCUT2D eigenvalue weighted by Crippen LogP contribution is -2.51. The molecule has 1 aromatic carbocycles. The fourth-order valence-corrected chi connectivity index (χ4v) is 5.77. The average molecular weight is 465 g/mol. The van der Waals surface area contributed by atoms with Gasteiger partial charge in [0, 0.05) is 35.6 Å². The SMILES string of the molecule is CC1OCC2(CCN(c3ncc(Sc4cccc(Cl)c4Cl)c4ncnn34)CC2)C1N. The molecule has 1 spiro atoms. The summed E-state index contributed by atoms with van der Waals surface area (Å²) in [5, 5.41) is 5.48. The van der Waals surface area contributed by atoms with Crippen LogP contribution in [0.2, 0.25) is 10.0 Å². The minimum absolute atomic E-state index is 0.0660. The molecular formula is C20H22Cl2N6OS. The van der Waals surface area contributed by atoms with Crippen molar-refractivity contribution >= 4 is 46.6 Å². The van der Waals surface area contributed by atoms with Crippen LogP contribution in [0, 0.1) is 5.41 Å². The van der Waals surface area contributed by atoms with Gasteiger partial charge in [0.15, 0.2) is 5.65 Å². The van der Waals surface area contributed by atoms with Crippen LogP contribution in [0.3, 0.4) is 0 Å². The maximum Gasteiger partial charge on any atom is 0.228 e. The number of hydrogen-bond donors (Lipinski definition) is 1. The van der Waals surface area contributed by atoms with Crippen molar-refractivity contribution < 1.29 is 4.74 Å². The van der Waals surface area contributed by atoms with E-state index < -0.39 is 0 Å². The van der Waals surface area contributed by atoms with Crippen LogP contribution < -0.4 is 10.6 Å². The molecule has 2 unspecified atom stereocenters. The smallest absolute Gasteiger partial charge is 0.228 e. The summed E-state index contributed by atoms with van der Waals surface area (Å²) in [7, 11) is 0. The molecule has 10 heteroatoms. The van der Waals surface area contributed by atoms with Gasteiger partial charge < -0.3 is 15.4 Å². The number of halogens is 2. The van der Waals surface area contributed by atoms with E-state index in [1.54, 1.807) is 16.9 Å². The topological polar surface area (TPSA) is 81.6 Å². The lowest BCUT2D eigenvalue weighted by atomic mass is 9.73. The van der Waals surface area contributed by atoms with Crippen LogP contribution in [-0.4, -0.2) is 51.4 Å². The second-order valence-corrected chi connectivity index (χ2v) is 9.83. The first-order valence-corrected chi connectivity index (χ1v) is 11.5. The number of nitrogens with two attached hydrogens (primary N) is 1. The van der Waals surface area contributed by atoms with Gasteiger partial charge in [0.25, 0.3) is 0 Å². The van der Waals surface area contributed by atoms with Gasteiger partial charge >= 0.3 is 0 Å². The van der Waals surface area contributed by atoms with Gasteiger partial charge in [0.1, 0.15) is 6.33 Å². The highest BCUT2D eigenvalue weighted by atomic mass is 35.5. The molecule has 3 aromatic rings. The van der Waals surface area contributed by atoms with Gasteiger partial charge in [-0.3, -0.25) is 0 Å². The summed E-state index contributed by atoms with van der Waals surface area (Å²) in [5.41, 5.74) is 7.26. The third-order valence-electron chi connectivity index (χ3n) is 6.28. The van der Waals surface area contributed by atoms with E-state index in [-0.39, 0.29) is 17.6 Å². The number of hydrogen-bond acceptors (Lipinski definition) is 7. The summed E-state index contributed by atoms with van der Waals surface area (Å²) in [6.07, 6.45) is 5.46. The summed E-state index contributed by atoms with van der Waals surface area (Å²) >= 11 is 14.0. The fraction of sp³-hybridized carbons (Fsp3) is 0.450. The largest absolute Gasteiger partial charge is 0.376 e. The van der Waals surface area contributed by atoms with E-state index in [1.165, 1.54) is 11.8 Å². The molecule has 7 nitrogen and oxygen atoms in total. The van der Waals surface area contributed by atoms with E-state index in [1.807, 2.05) is 18.3 Å². The van der Waals surface area contributed by atoms with Crippen LogP contribution in [0.4, 0.5) is 5.95 Å². The molecule has 2 saturated heterocycles. The van der Waals surface area contributed by atoms with Gasteiger partial charge in [-0.2, -0.15) is 9.61 Å². The van der Waals surface area contributed by atoms with E-state index in [0.29, 0.717) is 10.0 Å². The van der Waals surface area contributed by atoms with Gasteiger partial charge in [0.2, 0.25) is 5.95 Å². The second kappa shape index (κ2) is 7.84. The van der Waals surface area contributed by atoms with Crippen LogP contribution in [0.5, 0.6) is 0 Å². The second-order valence-electron chi connectivity index (χ2n) is 7.96. The molecule has 5 rings (SSSR count). The molecule has 4 heterocycles. The molecule has 0 radical (unpaired) electrons. The summed E-state index contributed by atoms with van der Waals surface area (Å²) in [5.74, 6) is 0.791. The van der Waals surface area contributed by atoms with E-state index in [0.717, 1.165) is 53.9 Å². The Labute approximate surface area is 188 Å². The third kappa shape index (κ3) is 3.35. The number of fused-ring (bicyclic) bond motifs is 1. The van der Waals surface area contributed by atoms with Crippen LogP contribution in [0.1, 0.15) is 19.8 Å². The lowest BCUT2D eigenvalue weighted by Gasteiger charge is -2.41. The van der Waals surface area contributed by atoms with E-state index in [9.17, 15) is 0 Å². The molecular weight excluding hydrogens is 443 g/mol. The van der Waals surface area contributed by atoms with Crippen molar-refractivity contribution in [3.05, 3.63) is 40.8 Å². The quantitative estimate of drug-likeness (QED) is 0.628. The first-order chi connectivity index (χ1) is 14.5. The molecule has 2 aromatic heterocycles. The molecule has 2 fully saturated rings. The Kier molecular flexibility index (Phi) is 5.31. The van der Waals surface area contributed by atoms with Crippen molar-refractivity contribution in [1.29, 1.82) is 0 Å². The third-order valence-corrected chi connectivity index (χ3v) is 8.28. The Morgan fingerprint density at radius 3 is 2.73 bits per heavy atom. The minimum atomic E-state index is 0.0660. The number of benzene rings is 1. The average Bonchev–Trinajstić information content (AvgIpc) is 3.35. The normalized spacial score (nSPS) is 23.5. The molecule has 2 atom stereocenters. The van der Waals surface area contributed by atoms with Crippen LogP contribution in [0.15, 0.2) is 40.5 Å². The molecule has 2 N–H and O–H groups in total. The summed E-state index contributed by atoms with van der Waals surface area (Å²) in [4.78, 5) is 13.2. The monoisotopic (exact) mass is 464 g/mol. The van der Waals surface area contributed by atoms with Gasteiger partial charge in [-0.25, -0.2) is 9.97 Å². The maximum atomic E-state index is 6.45. The Morgan fingerprint density at radius 2 is 2.00 bits per heavy atom. The van der Waals surface area contributed by atoms with Gasteiger partial charge in [-0.15, -0.1) is 0 Å². The highest BCUT2D eigenvalue weighted by Crippen LogP contribution is 2.42. The first-order valence-electron chi connectivity index (χ1n) is 9.91. The zero-order valence-corrected chi connectivity index (χ0v) is 18.8. The van der Waals surface area contributed by atoms with E-state index in [2.05, 4.69) is 21.9 Å². The van der Waals surface area contributed by atoms with E-state index in [4.69, 9.17) is 38.7 Å². The summed E-state index contributed by atoms with van der Waals surface area (Å²) in [6.45, 7) is 4.52. The van der Waals surface area contributed by atoms with Gasteiger partial charge in [-0.1, -0.05) is 41.0 Å². The predicted octanol–water partition coefficient (Wildman–Crippen LogP) is 3.91. The zero-order chi connectivity index (χ0) is 20.9. The fourth-order valence-electron chi connectivity index (χ4n) is 4.38. The zero-order valence-electron chi connectivity index (χ0n) is 16.5. The van der Waals surface area contributed by atoms with Crippen molar-refractivity contribution in [3.8, 4) is 0 Å². The van der Waals surface area contributed by atoms with Crippen molar-refractivity contribution in [1.82, 2.24) is 19.6 Å². The number of ether oxygens (including phenoxy) is 1. The Morgan fingerprint density at radius 1 is 1.20 bits per heavy atom. The molecule has 0 amide bonds. The predicted molar refractivity (Wildman–Crippen MR) is 119 cm³/mol. The van der Waals surface area contributed by atoms with Crippen molar-refractivity contribution in [2.75, 3.05) is 24.6 Å².